The molecule has 21 heavy (non-hydrogen) atoms. The van der Waals surface area contributed by atoms with Crippen molar-refractivity contribution in [3.63, 3.8) is 0 Å². The van der Waals surface area contributed by atoms with Crippen molar-refractivity contribution in [3.8, 4) is 5.75 Å². The number of benzene rings is 1. The predicted molar refractivity (Wildman–Crippen MR) is 85.8 cm³/mol. The van der Waals surface area contributed by atoms with Crippen LogP contribution in [-0.4, -0.2) is 25.1 Å². The molecule has 1 saturated heterocycles. The van der Waals surface area contributed by atoms with E-state index in [4.69, 9.17) is 4.74 Å². The molecular weight excluding hydrogens is 264 g/mol. The quantitative estimate of drug-likeness (QED) is 0.896. The van der Waals surface area contributed by atoms with Crippen molar-refractivity contribution in [3.05, 3.63) is 23.8 Å². The number of hydrogen-bond donors (Lipinski definition) is 2. The Bertz CT molecular complexity index is 506. The first-order chi connectivity index (χ1) is 9.90. The Balaban J connectivity index is 2.07. The summed E-state index contributed by atoms with van der Waals surface area (Å²) in [6.07, 6.45) is 2.13. The average Bonchev–Trinajstić information content (AvgIpc) is 2.42. The van der Waals surface area contributed by atoms with Gasteiger partial charge in [0.2, 0.25) is 5.91 Å². The van der Waals surface area contributed by atoms with Crippen LogP contribution in [0.2, 0.25) is 0 Å². The summed E-state index contributed by atoms with van der Waals surface area (Å²) in [5.41, 5.74) is 1.56. The number of aryl methyl sites for hydroxylation is 1. The predicted octanol–water partition coefficient (Wildman–Crippen LogP) is 3.11. The van der Waals surface area contributed by atoms with Crippen LogP contribution in [-0.2, 0) is 4.79 Å². The second-order valence-electron chi connectivity index (χ2n) is 6.44. The molecule has 1 aromatic carbocycles. The zero-order chi connectivity index (χ0) is 15.5. The first-order valence-electron chi connectivity index (χ1n) is 7.70. The Morgan fingerprint density at radius 1 is 1.43 bits per heavy atom. The normalized spacial score (nSPS) is 22.1. The number of rotatable bonds is 4. The molecule has 1 heterocycles. The second-order valence-corrected chi connectivity index (χ2v) is 6.44. The molecule has 0 bridgehead atoms. The van der Waals surface area contributed by atoms with Gasteiger partial charge in [0.15, 0.2) is 0 Å². The number of anilines is 1. The standard InChI is InChI=1S/C17H26N2O2/c1-12(2)21-14-6-7-15(13(3)10-14)19-16(20)17(4)8-5-9-18-11-17/h6-7,10,12,18H,5,8-9,11H2,1-4H3,(H,19,20). The molecule has 1 aliphatic heterocycles. The van der Waals surface area contributed by atoms with Crippen LogP contribution in [0.4, 0.5) is 5.69 Å². The lowest BCUT2D eigenvalue weighted by atomic mass is 9.82. The summed E-state index contributed by atoms with van der Waals surface area (Å²) in [7, 11) is 0. The summed E-state index contributed by atoms with van der Waals surface area (Å²) in [4.78, 5) is 12.5. The molecule has 1 atom stereocenters. The molecule has 1 aromatic rings. The summed E-state index contributed by atoms with van der Waals surface area (Å²) >= 11 is 0. The van der Waals surface area contributed by atoms with Crippen molar-refractivity contribution < 1.29 is 9.53 Å². The van der Waals surface area contributed by atoms with Crippen LogP contribution in [0.1, 0.15) is 39.2 Å². The monoisotopic (exact) mass is 290 g/mol. The molecule has 0 aliphatic carbocycles. The van der Waals surface area contributed by atoms with Gasteiger partial charge in [-0.2, -0.15) is 0 Å². The summed E-state index contributed by atoms with van der Waals surface area (Å²) in [5, 5.41) is 6.37. The van der Waals surface area contributed by atoms with Crippen LogP contribution in [0, 0.1) is 12.3 Å². The summed E-state index contributed by atoms with van der Waals surface area (Å²) < 4.78 is 5.67. The zero-order valence-corrected chi connectivity index (χ0v) is 13.5. The molecule has 0 spiro atoms. The lowest BCUT2D eigenvalue weighted by Gasteiger charge is -2.32. The summed E-state index contributed by atoms with van der Waals surface area (Å²) in [5.74, 6) is 0.932. The summed E-state index contributed by atoms with van der Waals surface area (Å²) in [6.45, 7) is 9.77. The molecule has 4 nitrogen and oxygen atoms in total. The molecule has 0 aromatic heterocycles. The first-order valence-corrected chi connectivity index (χ1v) is 7.70. The molecule has 116 valence electrons. The molecular formula is C17H26N2O2. The van der Waals surface area contributed by atoms with Gasteiger partial charge in [-0.05, 0) is 70.8 Å². The van der Waals surface area contributed by atoms with Crippen LogP contribution in [0.15, 0.2) is 18.2 Å². The van der Waals surface area contributed by atoms with Crippen molar-refractivity contribution in [1.29, 1.82) is 0 Å². The van der Waals surface area contributed by atoms with Crippen LogP contribution in [0.5, 0.6) is 5.75 Å². The van der Waals surface area contributed by atoms with Gasteiger partial charge >= 0.3 is 0 Å². The van der Waals surface area contributed by atoms with E-state index in [1.165, 1.54) is 0 Å². The fraction of sp³-hybridized carbons (Fsp3) is 0.588. The highest BCUT2D eigenvalue weighted by Gasteiger charge is 2.34. The molecule has 0 radical (unpaired) electrons. The molecule has 1 aliphatic rings. The SMILES string of the molecule is Cc1cc(OC(C)C)ccc1NC(=O)C1(C)CCCNC1. The minimum absolute atomic E-state index is 0.0929. The lowest BCUT2D eigenvalue weighted by molar-refractivity contribution is -0.125. The first kappa shape index (κ1) is 15.8. The number of amides is 1. The maximum Gasteiger partial charge on any atom is 0.231 e. The third-order valence-electron chi connectivity index (χ3n) is 3.96. The topological polar surface area (TPSA) is 50.4 Å². The fourth-order valence-electron chi connectivity index (χ4n) is 2.65. The highest BCUT2D eigenvalue weighted by molar-refractivity contribution is 5.96. The number of nitrogens with one attached hydrogen (secondary N) is 2. The van der Waals surface area contributed by atoms with Crippen molar-refractivity contribution >= 4 is 11.6 Å². The van der Waals surface area contributed by atoms with Crippen molar-refractivity contribution in [2.45, 2.75) is 46.6 Å². The van der Waals surface area contributed by atoms with Gasteiger partial charge in [0, 0.05) is 12.2 Å². The minimum Gasteiger partial charge on any atom is -0.491 e. The van der Waals surface area contributed by atoms with Crippen molar-refractivity contribution in [1.82, 2.24) is 5.32 Å². The molecule has 1 unspecified atom stereocenters. The van der Waals surface area contributed by atoms with E-state index in [2.05, 4.69) is 10.6 Å². The number of piperidine rings is 1. The Hall–Kier alpha value is -1.55. The molecule has 1 fully saturated rings. The minimum atomic E-state index is -0.322. The molecule has 1 amide bonds. The van der Waals surface area contributed by atoms with Gasteiger partial charge < -0.3 is 15.4 Å². The van der Waals surface area contributed by atoms with Crippen LogP contribution < -0.4 is 15.4 Å². The molecule has 2 N–H and O–H groups in total. The summed E-state index contributed by atoms with van der Waals surface area (Å²) in [6, 6.07) is 5.80. The van der Waals surface area contributed by atoms with Gasteiger partial charge in [-0.15, -0.1) is 0 Å². The van der Waals surface area contributed by atoms with Crippen molar-refractivity contribution in [2.24, 2.45) is 5.41 Å². The number of carbonyl (C=O) groups is 1. The zero-order valence-electron chi connectivity index (χ0n) is 13.5. The lowest BCUT2D eigenvalue weighted by Crippen LogP contribution is -2.46. The van der Waals surface area contributed by atoms with Crippen LogP contribution in [0.3, 0.4) is 0 Å². The largest absolute Gasteiger partial charge is 0.491 e. The van der Waals surface area contributed by atoms with Crippen LogP contribution in [0.25, 0.3) is 0 Å². The highest BCUT2D eigenvalue weighted by Crippen LogP contribution is 2.29. The Morgan fingerprint density at radius 3 is 2.76 bits per heavy atom. The Kier molecular flexibility index (Phi) is 4.88. The van der Waals surface area contributed by atoms with E-state index in [1.807, 2.05) is 45.9 Å². The highest BCUT2D eigenvalue weighted by atomic mass is 16.5. The van der Waals surface area contributed by atoms with Crippen LogP contribution >= 0.6 is 0 Å². The van der Waals surface area contributed by atoms with Gasteiger partial charge in [0.25, 0.3) is 0 Å². The van der Waals surface area contributed by atoms with E-state index in [0.717, 1.165) is 42.9 Å². The van der Waals surface area contributed by atoms with E-state index in [9.17, 15) is 4.79 Å². The Morgan fingerprint density at radius 2 is 2.19 bits per heavy atom. The third-order valence-corrected chi connectivity index (χ3v) is 3.96. The van der Waals surface area contributed by atoms with E-state index in [1.54, 1.807) is 0 Å². The fourth-order valence-corrected chi connectivity index (χ4v) is 2.65. The molecule has 0 saturated carbocycles. The average molecular weight is 290 g/mol. The third kappa shape index (κ3) is 3.97. The van der Waals surface area contributed by atoms with Gasteiger partial charge in [0.05, 0.1) is 11.5 Å². The van der Waals surface area contributed by atoms with E-state index >= 15 is 0 Å². The van der Waals surface area contributed by atoms with Gasteiger partial charge in [-0.1, -0.05) is 0 Å². The second kappa shape index (κ2) is 6.48. The maximum absolute atomic E-state index is 12.5. The number of carbonyl (C=O) groups excluding carboxylic acids is 1. The van der Waals surface area contributed by atoms with E-state index in [-0.39, 0.29) is 17.4 Å². The van der Waals surface area contributed by atoms with E-state index < -0.39 is 0 Å². The van der Waals surface area contributed by atoms with E-state index in [0.29, 0.717) is 0 Å². The number of hydrogen-bond acceptors (Lipinski definition) is 3. The smallest absolute Gasteiger partial charge is 0.231 e. The molecule has 2 rings (SSSR count). The van der Waals surface area contributed by atoms with Gasteiger partial charge in [-0.25, -0.2) is 0 Å². The molecule has 4 heteroatoms. The Labute approximate surface area is 127 Å². The van der Waals surface area contributed by atoms with Gasteiger partial charge in [-0.3, -0.25) is 4.79 Å². The number of ether oxygens (including phenoxy) is 1. The maximum atomic E-state index is 12.5. The van der Waals surface area contributed by atoms with Gasteiger partial charge in [0.1, 0.15) is 5.75 Å². The van der Waals surface area contributed by atoms with Crippen molar-refractivity contribution in [2.75, 3.05) is 18.4 Å².